The standard InChI is InChI=1S/C12H13NOS/c1-2-5-10-9(4-1)11(8-13-10)15-12-6-3-7-14-12/h1-2,4-5,8,12-13H,3,6-7H2. The lowest BCUT2D eigenvalue weighted by molar-refractivity contribution is 0.173. The van der Waals surface area contributed by atoms with Crippen molar-refractivity contribution in [1.82, 2.24) is 4.98 Å². The minimum absolute atomic E-state index is 0.351. The fourth-order valence-corrected chi connectivity index (χ4v) is 3.09. The monoisotopic (exact) mass is 219 g/mol. The van der Waals surface area contributed by atoms with Gasteiger partial charge in [-0.15, -0.1) is 0 Å². The molecule has 1 saturated heterocycles. The normalized spacial score (nSPS) is 21.2. The quantitative estimate of drug-likeness (QED) is 0.837. The maximum atomic E-state index is 5.62. The molecule has 1 aliphatic heterocycles. The largest absolute Gasteiger partial charge is 0.367 e. The summed E-state index contributed by atoms with van der Waals surface area (Å²) in [6, 6.07) is 8.40. The lowest BCUT2D eigenvalue weighted by Crippen LogP contribution is -1.96. The van der Waals surface area contributed by atoms with Gasteiger partial charge in [-0.3, -0.25) is 0 Å². The van der Waals surface area contributed by atoms with Crippen LogP contribution in [0.2, 0.25) is 0 Å². The Kier molecular flexibility index (Phi) is 2.43. The van der Waals surface area contributed by atoms with E-state index in [9.17, 15) is 0 Å². The van der Waals surface area contributed by atoms with E-state index in [0.29, 0.717) is 5.44 Å². The van der Waals surface area contributed by atoms with E-state index in [2.05, 4.69) is 35.4 Å². The summed E-state index contributed by atoms with van der Waals surface area (Å²) in [4.78, 5) is 4.59. The van der Waals surface area contributed by atoms with Gasteiger partial charge in [0.25, 0.3) is 0 Å². The molecule has 1 unspecified atom stereocenters. The van der Waals surface area contributed by atoms with E-state index in [0.717, 1.165) is 6.61 Å². The summed E-state index contributed by atoms with van der Waals surface area (Å²) in [5.41, 5.74) is 1.56. The second-order valence-electron chi connectivity index (χ2n) is 3.76. The Morgan fingerprint density at radius 2 is 2.27 bits per heavy atom. The first kappa shape index (κ1) is 9.31. The third-order valence-corrected chi connectivity index (χ3v) is 3.92. The van der Waals surface area contributed by atoms with E-state index in [1.807, 2.05) is 11.8 Å². The Morgan fingerprint density at radius 1 is 1.33 bits per heavy atom. The number of ether oxygens (including phenoxy) is 1. The molecule has 15 heavy (non-hydrogen) atoms. The Morgan fingerprint density at radius 3 is 3.13 bits per heavy atom. The van der Waals surface area contributed by atoms with Gasteiger partial charge in [0.1, 0.15) is 5.44 Å². The average Bonchev–Trinajstić information content (AvgIpc) is 2.89. The zero-order chi connectivity index (χ0) is 10.1. The molecule has 3 heteroatoms. The lowest BCUT2D eigenvalue weighted by atomic mass is 10.2. The molecule has 1 aliphatic rings. The van der Waals surface area contributed by atoms with E-state index >= 15 is 0 Å². The molecule has 2 heterocycles. The van der Waals surface area contributed by atoms with Crippen LogP contribution in [-0.4, -0.2) is 17.0 Å². The number of fused-ring (bicyclic) bond motifs is 1. The van der Waals surface area contributed by atoms with Crippen LogP contribution < -0.4 is 0 Å². The van der Waals surface area contributed by atoms with Gasteiger partial charge in [-0.25, -0.2) is 0 Å². The molecule has 1 atom stereocenters. The zero-order valence-corrected chi connectivity index (χ0v) is 9.22. The number of thioether (sulfide) groups is 1. The van der Waals surface area contributed by atoms with E-state index in [4.69, 9.17) is 4.74 Å². The van der Waals surface area contributed by atoms with Crippen LogP contribution in [-0.2, 0) is 4.74 Å². The van der Waals surface area contributed by atoms with Gasteiger partial charge in [-0.2, -0.15) is 0 Å². The summed E-state index contributed by atoms with van der Waals surface area (Å²) in [5, 5.41) is 1.30. The van der Waals surface area contributed by atoms with Crippen molar-refractivity contribution in [3.8, 4) is 0 Å². The number of aromatic nitrogens is 1. The molecule has 1 aromatic carbocycles. The van der Waals surface area contributed by atoms with Crippen molar-refractivity contribution >= 4 is 22.7 Å². The molecule has 0 saturated carbocycles. The van der Waals surface area contributed by atoms with Gasteiger partial charge in [0.15, 0.2) is 0 Å². The molecule has 0 amide bonds. The third-order valence-electron chi connectivity index (χ3n) is 2.70. The van der Waals surface area contributed by atoms with Gasteiger partial charge in [-0.1, -0.05) is 30.0 Å². The number of H-pyrrole nitrogens is 1. The Balaban J connectivity index is 1.90. The van der Waals surface area contributed by atoms with Crippen molar-refractivity contribution in [1.29, 1.82) is 0 Å². The minimum atomic E-state index is 0.351. The van der Waals surface area contributed by atoms with Gasteiger partial charge in [0.05, 0.1) is 0 Å². The maximum absolute atomic E-state index is 5.62. The van der Waals surface area contributed by atoms with E-state index in [1.54, 1.807) is 0 Å². The van der Waals surface area contributed by atoms with Crippen molar-refractivity contribution < 1.29 is 4.74 Å². The predicted molar refractivity (Wildman–Crippen MR) is 63.1 cm³/mol. The number of aromatic amines is 1. The second kappa shape index (κ2) is 3.91. The van der Waals surface area contributed by atoms with Gasteiger partial charge in [-0.05, 0) is 18.9 Å². The SMILES string of the molecule is c1ccc2c(SC3CCCO3)c[nH]c2c1. The molecule has 0 aliphatic carbocycles. The van der Waals surface area contributed by atoms with Crippen LogP contribution in [0, 0.1) is 0 Å². The van der Waals surface area contributed by atoms with Crippen LogP contribution in [0.15, 0.2) is 35.4 Å². The second-order valence-corrected chi connectivity index (χ2v) is 4.96. The molecule has 1 aromatic heterocycles. The van der Waals surface area contributed by atoms with Crippen molar-refractivity contribution in [2.24, 2.45) is 0 Å². The molecule has 0 bridgehead atoms. The van der Waals surface area contributed by atoms with Crippen molar-refractivity contribution in [3.63, 3.8) is 0 Å². The van der Waals surface area contributed by atoms with Gasteiger partial charge >= 0.3 is 0 Å². The number of benzene rings is 1. The molecule has 1 fully saturated rings. The van der Waals surface area contributed by atoms with Crippen molar-refractivity contribution in [3.05, 3.63) is 30.5 Å². The Hall–Kier alpha value is -0.930. The van der Waals surface area contributed by atoms with Gasteiger partial charge < -0.3 is 9.72 Å². The highest BCUT2D eigenvalue weighted by Gasteiger charge is 2.18. The number of hydrogen-bond donors (Lipinski definition) is 1. The van der Waals surface area contributed by atoms with Crippen LogP contribution in [0.5, 0.6) is 0 Å². The molecule has 2 aromatic rings. The smallest absolute Gasteiger partial charge is 0.107 e. The molecular formula is C12H13NOS. The lowest BCUT2D eigenvalue weighted by Gasteiger charge is -2.06. The molecule has 0 radical (unpaired) electrons. The highest BCUT2D eigenvalue weighted by Crippen LogP contribution is 2.34. The van der Waals surface area contributed by atoms with Gasteiger partial charge in [0, 0.05) is 28.6 Å². The highest BCUT2D eigenvalue weighted by atomic mass is 32.2. The van der Waals surface area contributed by atoms with Crippen LogP contribution in [0.3, 0.4) is 0 Å². The summed E-state index contributed by atoms with van der Waals surface area (Å²) in [6.45, 7) is 0.917. The molecule has 3 rings (SSSR count). The summed E-state index contributed by atoms with van der Waals surface area (Å²) in [7, 11) is 0. The van der Waals surface area contributed by atoms with Crippen molar-refractivity contribution in [2.75, 3.05) is 6.61 Å². The first-order valence-electron chi connectivity index (χ1n) is 5.28. The number of hydrogen-bond acceptors (Lipinski definition) is 2. The van der Waals surface area contributed by atoms with Crippen LogP contribution in [0.1, 0.15) is 12.8 Å². The van der Waals surface area contributed by atoms with E-state index < -0.39 is 0 Å². The fraction of sp³-hybridized carbons (Fsp3) is 0.333. The van der Waals surface area contributed by atoms with Crippen LogP contribution in [0.25, 0.3) is 10.9 Å². The number of rotatable bonds is 2. The van der Waals surface area contributed by atoms with Crippen LogP contribution in [0.4, 0.5) is 0 Å². The molecule has 78 valence electrons. The maximum Gasteiger partial charge on any atom is 0.107 e. The molecule has 0 spiro atoms. The zero-order valence-electron chi connectivity index (χ0n) is 8.40. The topological polar surface area (TPSA) is 25.0 Å². The number of nitrogens with one attached hydrogen (secondary N) is 1. The third kappa shape index (κ3) is 1.77. The summed E-state index contributed by atoms with van der Waals surface area (Å²) in [5.74, 6) is 0. The van der Waals surface area contributed by atoms with Gasteiger partial charge in [0.2, 0.25) is 0 Å². The van der Waals surface area contributed by atoms with E-state index in [-0.39, 0.29) is 0 Å². The highest BCUT2D eigenvalue weighted by molar-refractivity contribution is 8.00. The molecular weight excluding hydrogens is 206 g/mol. The first-order valence-corrected chi connectivity index (χ1v) is 6.16. The summed E-state index contributed by atoms with van der Waals surface area (Å²) >= 11 is 1.83. The molecule has 2 nitrogen and oxygen atoms in total. The van der Waals surface area contributed by atoms with E-state index in [1.165, 1.54) is 28.6 Å². The summed E-state index contributed by atoms with van der Waals surface area (Å²) < 4.78 is 5.62. The molecule has 1 N–H and O–H groups in total. The predicted octanol–water partition coefficient (Wildman–Crippen LogP) is 3.40. The summed E-state index contributed by atoms with van der Waals surface area (Å²) in [6.07, 6.45) is 4.45. The van der Waals surface area contributed by atoms with Crippen molar-refractivity contribution in [2.45, 2.75) is 23.2 Å². The average molecular weight is 219 g/mol. The Bertz CT molecular complexity index is 459. The number of para-hydroxylation sites is 1. The van der Waals surface area contributed by atoms with Crippen LogP contribution >= 0.6 is 11.8 Å². The Labute approximate surface area is 93.0 Å². The first-order chi connectivity index (χ1) is 7.43. The minimum Gasteiger partial charge on any atom is -0.367 e. The fourth-order valence-electron chi connectivity index (χ4n) is 1.93.